The average Bonchev–Trinajstić information content (AvgIpc) is 3.21. The van der Waals surface area contributed by atoms with Gasteiger partial charge in [-0.1, -0.05) is 0 Å². The largest absolute Gasteiger partial charge is 0.394 e. The summed E-state index contributed by atoms with van der Waals surface area (Å²) in [5.41, 5.74) is -0.0902. The van der Waals surface area contributed by atoms with Crippen molar-refractivity contribution < 1.29 is 9.84 Å². The third-order valence-corrected chi connectivity index (χ3v) is 4.48. The van der Waals surface area contributed by atoms with Gasteiger partial charge >= 0.3 is 0 Å². The molecule has 1 saturated heterocycles. The highest BCUT2D eigenvalue weighted by atomic mass is 16.5. The number of likely N-dealkylation sites (N-methyl/N-ethyl adjacent to an activating group) is 2. The zero-order valence-corrected chi connectivity index (χ0v) is 11.1. The van der Waals surface area contributed by atoms with Gasteiger partial charge < -0.3 is 20.1 Å². The van der Waals surface area contributed by atoms with Crippen molar-refractivity contribution in [1.82, 2.24) is 10.2 Å². The molecule has 0 aromatic carbocycles. The van der Waals surface area contributed by atoms with Crippen LogP contribution < -0.4 is 5.32 Å². The fraction of sp³-hybridized carbons (Fsp3) is 1.00. The molecule has 1 heterocycles. The summed E-state index contributed by atoms with van der Waals surface area (Å²) in [7, 11) is 4.16. The first kappa shape index (κ1) is 13.3. The average molecular weight is 242 g/mol. The van der Waals surface area contributed by atoms with E-state index in [1.165, 1.54) is 12.8 Å². The summed E-state index contributed by atoms with van der Waals surface area (Å²) >= 11 is 0. The normalized spacial score (nSPS) is 26.1. The van der Waals surface area contributed by atoms with Gasteiger partial charge in [-0.3, -0.25) is 0 Å². The minimum absolute atomic E-state index is 0.0902. The molecule has 1 atom stereocenters. The molecule has 1 aliphatic carbocycles. The third kappa shape index (κ3) is 2.99. The van der Waals surface area contributed by atoms with E-state index in [1.54, 1.807) is 0 Å². The minimum Gasteiger partial charge on any atom is -0.394 e. The summed E-state index contributed by atoms with van der Waals surface area (Å²) in [5.74, 6) is 0.653. The summed E-state index contributed by atoms with van der Waals surface area (Å²) < 4.78 is 5.40. The van der Waals surface area contributed by atoms with Crippen molar-refractivity contribution in [3.05, 3.63) is 0 Å². The molecule has 1 saturated carbocycles. The Morgan fingerprint density at radius 1 is 1.29 bits per heavy atom. The topological polar surface area (TPSA) is 44.7 Å². The van der Waals surface area contributed by atoms with E-state index in [0.29, 0.717) is 12.0 Å². The highest BCUT2D eigenvalue weighted by Crippen LogP contribution is 2.40. The maximum Gasteiger partial charge on any atom is 0.0628 e. The van der Waals surface area contributed by atoms with E-state index in [4.69, 9.17) is 4.74 Å². The van der Waals surface area contributed by atoms with E-state index in [2.05, 4.69) is 17.3 Å². The van der Waals surface area contributed by atoms with Gasteiger partial charge in [0, 0.05) is 25.8 Å². The van der Waals surface area contributed by atoms with Crippen LogP contribution in [0.5, 0.6) is 0 Å². The Morgan fingerprint density at radius 3 is 2.41 bits per heavy atom. The van der Waals surface area contributed by atoms with Gasteiger partial charge in [0.15, 0.2) is 0 Å². The number of hydrogen-bond donors (Lipinski definition) is 2. The summed E-state index contributed by atoms with van der Waals surface area (Å²) in [6.45, 7) is 2.94. The van der Waals surface area contributed by atoms with E-state index in [9.17, 15) is 5.11 Å². The molecular formula is C13H26N2O2. The number of ether oxygens (including phenoxy) is 1. The van der Waals surface area contributed by atoms with Gasteiger partial charge in [0.25, 0.3) is 0 Å². The molecule has 1 unspecified atom stereocenters. The summed E-state index contributed by atoms with van der Waals surface area (Å²) in [6, 6.07) is 0.613. The zero-order valence-electron chi connectivity index (χ0n) is 11.1. The van der Waals surface area contributed by atoms with Crippen molar-refractivity contribution in [1.29, 1.82) is 0 Å². The zero-order chi connectivity index (χ0) is 12.3. The molecule has 2 rings (SSSR count). The van der Waals surface area contributed by atoms with Crippen LogP contribution in [-0.2, 0) is 4.74 Å². The van der Waals surface area contributed by atoms with Crippen LogP contribution in [0.2, 0.25) is 0 Å². The van der Waals surface area contributed by atoms with Crippen molar-refractivity contribution in [2.24, 2.45) is 5.92 Å². The maximum absolute atomic E-state index is 9.72. The monoisotopic (exact) mass is 242 g/mol. The van der Waals surface area contributed by atoms with Crippen LogP contribution in [0.15, 0.2) is 0 Å². The molecule has 0 aromatic rings. The Morgan fingerprint density at radius 2 is 1.94 bits per heavy atom. The fourth-order valence-electron chi connectivity index (χ4n) is 3.01. The first-order chi connectivity index (χ1) is 8.22. The van der Waals surface area contributed by atoms with Gasteiger partial charge in [0.1, 0.15) is 0 Å². The Hall–Kier alpha value is -0.160. The molecule has 0 spiro atoms. The molecule has 0 radical (unpaired) electrons. The molecule has 2 fully saturated rings. The van der Waals surface area contributed by atoms with E-state index in [1.807, 2.05) is 7.05 Å². The molecule has 2 N–H and O–H groups in total. The number of rotatable bonds is 6. The van der Waals surface area contributed by atoms with Crippen LogP contribution in [0.4, 0.5) is 0 Å². The number of aliphatic hydroxyl groups excluding tert-OH is 1. The summed E-state index contributed by atoms with van der Waals surface area (Å²) in [5, 5.41) is 13.1. The molecule has 4 nitrogen and oxygen atoms in total. The Kier molecular flexibility index (Phi) is 4.42. The molecule has 0 aromatic heterocycles. The van der Waals surface area contributed by atoms with Crippen LogP contribution in [-0.4, -0.2) is 62.0 Å². The van der Waals surface area contributed by atoms with Gasteiger partial charge in [0.2, 0.25) is 0 Å². The van der Waals surface area contributed by atoms with Crippen LogP contribution in [0.3, 0.4) is 0 Å². The third-order valence-electron chi connectivity index (χ3n) is 4.48. The smallest absolute Gasteiger partial charge is 0.0628 e. The van der Waals surface area contributed by atoms with E-state index in [0.717, 1.165) is 32.6 Å². The van der Waals surface area contributed by atoms with Crippen LogP contribution in [0.25, 0.3) is 0 Å². The lowest BCUT2D eigenvalue weighted by molar-refractivity contribution is 0.0226. The van der Waals surface area contributed by atoms with Crippen molar-refractivity contribution in [3.8, 4) is 0 Å². The predicted octanol–water partition coefficient (Wildman–Crippen LogP) is 0.458. The fourth-order valence-corrected chi connectivity index (χ4v) is 3.01. The van der Waals surface area contributed by atoms with Gasteiger partial charge in [-0.2, -0.15) is 0 Å². The Labute approximate surface area is 104 Å². The second kappa shape index (κ2) is 5.65. The predicted molar refractivity (Wildman–Crippen MR) is 68.1 cm³/mol. The van der Waals surface area contributed by atoms with Gasteiger partial charge in [0.05, 0.1) is 12.1 Å². The highest BCUT2D eigenvalue weighted by molar-refractivity contribution is 5.02. The minimum atomic E-state index is -0.0902. The molecule has 4 heteroatoms. The summed E-state index contributed by atoms with van der Waals surface area (Å²) in [4.78, 5) is 2.41. The van der Waals surface area contributed by atoms with E-state index in [-0.39, 0.29) is 12.1 Å². The molecular weight excluding hydrogens is 216 g/mol. The van der Waals surface area contributed by atoms with E-state index < -0.39 is 0 Å². The number of nitrogens with zero attached hydrogens (tertiary/aromatic N) is 1. The van der Waals surface area contributed by atoms with E-state index >= 15 is 0 Å². The van der Waals surface area contributed by atoms with Crippen molar-refractivity contribution in [2.45, 2.75) is 37.3 Å². The molecule has 0 bridgehead atoms. The first-order valence-electron chi connectivity index (χ1n) is 6.79. The summed E-state index contributed by atoms with van der Waals surface area (Å²) in [6.07, 6.45) is 4.74. The molecule has 2 aliphatic rings. The first-order valence-corrected chi connectivity index (χ1v) is 6.79. The standard InChI is InChI=1S/C13H26N2O2/c1-14-13(10-16,11-3-4-11)9-15(2)12-5-7-17-8-6-12/h11-12,14,16H,3-10H2,1-2H3. The quantitative estimate of drug-likeness (QED) is 0.710. The Bertz CT molecular complexity index is 234. The molecule has 17 heavy (non-hydrogen) atoms. The van der Waals surface area contributed by atoms with Gasteiger partial charge in [-0.05, 0) is 45.7 Å². The molecule has 1 aliphatic heterocycles. The SMILES string of the molecule is CNC(CO)(CN(C)C1CCOCC1)C1CC1. The second-order valence-corrected chi connectivity index (χ2v) is 5.60. The Balaban J connectivity index is 1.92. The van der Waals surface area contributed by atoms with Crippen molar-refractivity contribution in [3.63, 3.8) is 0 Å². The second-order valence-electron chi connectivity index (χ2n) is 5.60. The van der Waals surface area contributed by atoms with Gasteiger partial charge in [-0.25, -0.2) is 0 Å². The van der Waals surface area contributed by atoms with Gasteiger partial charge in [-0.15, -0.1) is 0 Å². The lowest BCUT2D eigenvalue weighted by Crippen LogP contribution is -2.58. The van der Waals surface area contributed by atoms with Crippen LogP contribution in [0, 0.1) is 5.92 Å². The van der Waals surface area contributed by atoms with Crippen LogP contribution >= 0.6 is 0 Å². The van der Waals surface area contributed by atoms with Crippen LogP contribution in [0.1, 0.15) is 25.7 Å². The lowest BCUT2D eigenvalue weighted by Gasteiger charge is -2.40. The van der Waals surface area contributed by atoms with Crippen molar-refractivity contribution in [2.75, 3.05) is 40.5 Å². The van der Waals surface area contributed by atoms with Crippen molar-refractivity contribution >= 4 is 0 Å². The molecule has 0 amide bonds. The maximum atomic E-state index is 9.72. The lowest BCUT2D eigenvalue weighted by atomic mass is 9.92. The molecule has 100 valence electrons. The highest BCUT2D eigenvalue weighted by Gasteiger charge is 2.44. The number of hydrogen-bond acceptors (Lipinski definition) is 4. The number of aliphatic hydroxyl groups is 1. The number of nitrogens with one attached hydrogen (secondary N) is 1.